The van der Waals surface area contributed by atoms with Crippen LogP contribution in [0.15, 0.2) is 36.4 Å². The second kappa shape index (κ2) is 6.20. The summed E-state index contributed by atoms with van der Waals surface area (Å²) in [5.74, 6) is 0.662. The summed E-state index contributed by atoms with van der Waals surface area (Å²) in [4.78, 5) is 27.7. The Morgan fingerprint density at radius 1 is 1.19 bits per heavy atom. The first-order chi connectivity index (χ1) is 12.5. The number of hydrogen-bond donors (Lipinski definition) is 3. The molecular weight excluding hydrogens is 330 g/mol. The Balaban J connectivity index is 1.55. The van der Waals surface area contributed by atoms with Gasteiger partial charge in [0.1, 0.15) is 17.5 Å². The Labute approximate surface area is 152 Å². The maximum Gasteiger partial charge on any atom is 0.271 e. The minimum absolute atomic E-state index is 0.0155. The third-order valence-corrected chi connectivity index (χ3v) is 5.47. The van der Waals surface area contributed by atoms with Crippen LogP contribution in [0.2, 0.25) is 0 Å². The molecule has 6 heteroatoms. The van der Waals surface area contributed by atoms with Crippen LogP contribution in [0.25, 0.3) is 0 Å². The van der Waals surface area contributed by atoms with Crippen LogP contribution in [0.1, 0.15) is 58.8 Å². The van der Waals surface area contributed by atoms with Gasteiger partial charge in [0.25, 0.3) is 11.8 Å². The van der Waals surface area contributed by atoms with Gasteiger partial charge < -0.3 is 20.4 Å². The molecule has 26 heavy (non-hydrogen) atoms. The molecule has 3 N–H and O–H groups in total. The van der Waals surface area contributed by atoms with E-state index in [1.165, 1.54) is 0 Å². The Hall–Kier alpha value is -2.76. The number of rotatable bonds is 6. The molecule has 1 aromatic carbocycles. The van der Waals surface area contributed by atoms with Gasteiger partial charge in [0.2, 0.25) is 0 Å². The average Bonchev–Trinajstić information content (AvgIpc) is 3.00. The van der Waals surface area contributed by atoms with Crippen molar-refractivity contribution in [2.75, 3.05) is 7.05 Å². The summed E-state index contributed by atoms with van der Waals surface area (Å²) in [5.41, 5.74) is 1.59. The lowest BCUT2D eigenvalue weighted by atomic mass is 9.50. The smallest absolute Gasteiger partial charge is 0.271 e. The van der Waals surface area contributed by atoms with E-state index in [9.17, 15) is 9.59 Å². The molecule has 3 saturated carbocycles. The lowest BCUT2D eigenvalue weighted by Gasteiger charge is -2.61. The largest absolute Gasteiger partial charge is 0.484 e. The number of amides is 2. The van der Waals surface area contributed by atoms with E-state index in [4.69, 9.17) is 4.74 Å². The second-order valence-corrected chi connectivity index (χ2v) is 7.39. The van der Waals surface area contributed by atoms with E-state index in [1.54, 1.807) is 13.1 Å². The van der Waals surface area contributed by atoms with Gasteiger partial charge in [-0.1, -0.05) is 30.3 Å². The molecule has 2 amide bonds. The van der Waals surface area contributed by atoms with Crippen LogP contribution in [-0.2, 0) is 0 Å². The fourth-order valence-corrected chi connectivity index (χ4v) is 3.87. The number of carbonyl (C=O) groups is 2. The summed E-state index contributed by atoms with van der Waals surface area (Å²) in [7, 11) is 1.55. The quantitative estimate of drug-likeness (QED) is 0.747. The topological polar surface area (TPSA) is 83.2 Å². The Bertz CT molecular complexity index is 826. The van der Waals surface area contributed by atoms with E-state index in [-0.39, 0.29) is 29.2 Å². The summed E-state index contributed by atoms with van der Waals surface area (Å²) in [6, 6.07) is 11.4. The Morgan fingerprint density at radius 3 is 2.46 bits per heavy atom. The molecule has 5 rings (SSSR count). The maximum atomic E-state index is 12.6. The molecule has 136 valence electrons. The molecule has 0 unspecified atom stereocenters. The summed E-state index contributed by atoms with van der Waals surface area (Å²) >= 11 is 0. The predicted molar refractivity (Wildman–Crippen MR) is 97.2 cm³/mol. The zero-order valence-corrected chi connectivity index (χ0v) is 15.0. The van der Waals surface area contributed by atoms with E-state index in [0.29, 0.717) is 11.4 Å². The van der Waals surface area contributed by atoms with Crippen LogP contribution in [0, 0.1) is 5.92 Å². The normalized spacial score (nSPS) is 24.0. The van der Waals surface area contributed by atoms with Crippen LogP contribution in [0.4, 0.5) is 0 Å². The van der Waals surface area contributed by atoms with Crippen LogP contribution >= 0.6 is 0 Å². The molecule has 1 atom stereocenters. The van der Waals surface area contributed by atoms with Gasteiger partial charge in [-0.2, -0.15) is 0 Å². The third-order valence-electron chi connectivity index (χ3n) is 5.47. The number of aromatic amines is 1. The van der Waals surface area contributed by atoms with E-state index in [2.05, 4.69) is 15.6 Å². The van der Waals surface area contributed by atoms with Crippen LogP contribution in [0.5, 0.6) is 5.75 Å². The number of carbonyl (C=O) groups excluding carboxylic acids is 2. The molecule has 0 spiro atoms. The van der Waals surface area contributed by atoms with Gasteiger partial charge in [-0.3, -0.25) is 9.59 Å². The minimum Gasteiger partial charge on any atom is -0.484 e. The van der Waals surface area contributed by atoms with E-state index >= 15 is 0 Å². The minimum atomic E-state index is -0.315. The summed E-state index contributed by atoms with van der Waals surface area (Å²) in [6.07, 6.45) is 2.95. The monoisotopic (exact) mass is 353 g/mol. The molecule has 6 nitrogen and oxygen atoms in total. The standard InChI is InChI=1S/C20H23N3O3/c1-12(14-6-4-3-5-7-14)26-16-8-15(22-17(16)19(25)21-2)18(24)23-20-9-13(10-20)11-20/h3-8,12-13,22H,9-11H2,1-2H3,(H,21,25)(H,23,24)/t12-,13?,20?/m1/s1. The molecule has 3 fully saturated rings. The van der Waals surface area contributed by atoms with Crippen molar-refractivity contribution in [3.8, 4) is 5.75 Å². The van der Waals surface area contributed by atoms with Crippen molar-refractivity contribution in [1.29, 1.82) is 0 Å². The van der Waals surface area contributed by atoms with Gasteiger partial charge in [0.05, 0.1) is 0 Å². The van der Waals surface area contributed by atoms with Crippen LogP contribution < -0.4 is 15.4 Å². The highest BCUT2D eigenvalue weighted by molar-refractivity contribution is 6.00. The first kappa shape index (κ1) is 16.7. The van der Waals surface area contributed by atoms with Crippen molar-refractivity contribution < 1.29 is 14.3 Å². The molecule has 0 radical (unpaired) electrons. The summed E-state index contributed by atoms with van der Waals surface area (Å²) in [6.45, 7) is 1.91. The molecule has 0 saturated heterocycles. The summed E-state index contributed by atoms with van der Waals surface area (Å²) in [5, 5.41) is 5.68. The van der Waals surface area contributed by atoms with Gasteiger partial charge in [-0.05, 0) is 37.7 Å². The highest BCUT2D eigenvalue weighted by atomic mass is 16.5. The number of hydrogen-bond acceptors (Lipinski definition) is 3. The van der Waals surface area contributed by atoms with E-state index in [0.717, 1.165) is 30.7 Å². The van der Waals surface area contributed by atoms with Crippen molar-refractivity contribution >= 4 is 11.8 Å². The van der Waals surface area contributed by atoms with Gasteiger partial charge in [0.15, 0.2) is 5.75 Å². The van der Waals surface area contributed by atoms with Gasteiger partial charge in [0, 0.05) is 18.7 Å². The molecular formula is C20H23N3O3. The number of ether oxygens (including phenoxy) is 1. The van der Waals surface area contributed by atoms with Crippen molar-refractivity contribution in [3.05, 3.63) is 53.3 Å². The maximum absolute atomic E-state index is 12.6. The molecule has 2 bridgehead atoms. The molecule has 2 aromatic rings. The number of H-pyrrole nitrogens is 1. The van der Waals surface area contributed by atoms with Gasteiger partial charge in [-0.25, -0.2) is 0 Å². The highest BCUT2D eigenvalue weighted by Crippen LogP contribution is 2.57. The first-order valence-corrected chi connectivity index (χ1v) is 8.99. The molecule has 1 heterocycles. The van der Waals surface area contributed by atoms with Crippen molar-refractivity contribution in [2.45, 2.75) is 37.8 Å². The molecule has 3 aliphatic carbocycles. The van der Waals surface area contributed by atoms with E-state index in [1.807, 2.05) is 37.3 Å². The van der Waals surface area contributed by atoms with Crippen LogP contribution in [0.3, 0.4) is 0 Å². The Kier molecular flexibility index (Phi) is 3.98. The van der Waals surface area contributed by atoms with Crippen LogP contribution in [-0.4, -0.2) is 29.4 Å². The molecule has 0 aliphatic heterocycles. The second-order valence-electron chi connectivity index (χ2n) is 7.39. The highest BCUT2D eigenvalue weighted by Gasteiger charge is 2.57. The summed E-state index contributed by atoms with van der Waals surface area (Å²) < 4.78 is 5.99. The van der Waals surface area contributed by atoms with Gasteiger partial charge >= 0.3 is 0 Å². The lowest BCUT2D eigenvalue weighted by molar-refractivity contribution is -0.0439. The molecule has 1 aromatic heterocycles. The first-order valence-electron chi connectivity index (χ1n) is 8.99. The number of aromatic nitrogens is 1. The predicted octanol–water partition coefficient (Wildman–Crippen LogP) is 2.80. The zero-order chi connectivity index (χ0) is 18.3. The number of benzene rings is 1. The van der Waals surface area contributed by atoms with E-state index < -0.39 is 0 Å². The lowest BCUT2D eigenvalue weighted by Crippen LogP contribution is -2.68. The fraction of sp³-hybridized carbons (Fsp3) is 0.400. The Morgan fingerprint density at radius 2 is 1.88 bits per heavy atom. The SMILES string of the molecule is CNC(=O)c1[nH]c(C(=O)NC23CC(C2)C3)cc1O[C@H](C)c1ccccc1. The third kappa shape index (κ3) is 2.85. The fourth-order valence-electron chi connectivity index (χ4n) is 3.87. The molecule has 3 aliphatic rings. The van der Waals surface area contributed by atoms with Gasteiger partial charge in [-0.15, -0.1) is 0 Å². The average molecular weight is 353 g/mol. The zero-order valence-electron chi connectivity index (χ0n) is 15.0. The number of nitrogens with one attached hydrogen (secondary N) is 3. The van der Waals surface area contributed by atoms with Crippen molar-refractivity contribution in [2.24, 2.45) is 5.92 Å². The van der Waals surface area contributed by atoms with Crippen molar-refractivity contribution in [1.82, 2.24) is 15.6 Å². The van der Waals surface area contributed by atoms with Crippen molar-refractivity contribution in [3.63, 3.8) is 0 Å².